The Balaban J connectivity index is 1.65. The van der Waals surface area contributed by atoms with Crippen LogP contribution in [0.2, 0.25) is 0 Å². The maximum absolute atomic E-state index is 12.3. The molecule has 116 valence electrons. The Kier molecular flexibility index (Phi) is 4.36. The van der Waals surface area contributed by atoms with Crippen molar-refractivity contribution in [2.45, 2.75) is 26.4 Å². The highest BCUT2D eigenvalue weighted by atomic mass is 79.9. The lowest BCUT2D eigenvalue weighted by Gasteiger charge is -2.34. The molecule has 1 aliphatic rings. The van der Waals surface area contributed by atoms with E-state index in [0.29, 0.717) is 6.54 Å². The Bertz CT molecular complexity index is 695. The maximum atomic E-state index is 12.3. The third kappa shape index (κ3) is 3.10. The number of nitrogens with one attached hydrogen (secondary N) is 1. The van der Waals surface area contributed by atoms with Crippen LogP contribution < -0.4 is 5.32 Å². The third-order valence-corrected chi connectivity index (χ3v) is 4.77. The molecular weight excluding hydrogens is 342 g/mol. The first kappa shape index (κ1) is 15.3. The second kappa shape index (κ2) is 6.26. The number of carbonyl (C=O) groups excluding carboxylic acids is 1. The fraction of sp³-hybridized carbons (Fsp3) is 0.353. The van der Waals surface area contributed by atoms with Gasteiger partial charge in [-0.3, -0.25) is 9.69 Å². The molecule has 0 saturated heterocycles. The molecule has 0 radical (unpaired) electrons. The summed E-state index contributed by atoms with van der Waals surface area (Å²) in [5.74, 6) is 0.0391. The molecule has 3 rings (SSSR count). The number of halogens is 1. The SMILES string of the molecule is Cc1cc(Br)ccc1NC(=O)CN1CCn2cccc2[C@@H]1C. The molecule has 1 N–H and O–H groups in total. The molecule has 1 atom stereocenters. The first-order valence-corrected chi connectivity index (χ1v) is 8.29. The minimum absolute atomic E-state index is 0.0391. The Labute approximate surface area is 139 Å². The normalized spacial score (nSPS) is 18.0. The van der Waals surface area contributed by atoms with E-state index in [1.165, 1.54) is 5.69 Å². The number of amides is 1. The summed E-state index contributed by atoms with van der Waals surface area (Å²) in [6.45, 7) is 6.41. The fourth-order valence-corrected chi connectivity index (χ4v) is 3.46. The lowest BCUT2D eigenvalue weighted by atomic mass is 10.1. The molecule has 0 fully saturated rings. The van der Waals surface area contributed by atoms with Gasteiger partial charge in [0.2, 0.25) is 5.91 Å². The minimum Gasteiger partial charge on any atom is -0.349 e. The molecule has 1 aromatic carbocycles. The second-order valence-electron chi connectivity index (χ2n) is 5.78. The monoisotopic (exact) mass is 361 g/mol. The molecule has 0 unspecified atom stereocenters. The second-order valence-corrected chi connectivity index (χ2v) is 6.70. The van der Waals surface area contributed by atoms with Gasteiger partial charge in [0.1, 0.15) is 0 Å². The van der Waals surface area contributed by atoms with Gasteiger partial charge in [-0.05, 0) is 49.7 Å². The van der Waals surface area contributed by atoms with Crippen molar-refractivity contribution in [1.29, 1.82) is 0 Å². The molecule has 22 heavy (non-hydrogen) atoms. The van der Waals surface area contributed by atoms with Crippen LogP contribution in [-0.4, -0.2) is 28.5 Å². The van der Waals surface area contributed by atoms with Gasteiger partial charge >= 0.3 is 0 Å². The van der Waals surface area contributed by atoms with Crippen LogP contribution in [0.3, 0.4) is 0 Å². The lowest BCUT2D eigenvalue weighted by Crippen LogP contribution is -2.41. The number of nitrogens with zero attached hydrogens (tertiary/aromatic N) is 2. The highest BCUT2D eigenvalue weighted by Gasteiger charge is 2.25. The maximum Gasteiger partial charge on any atom is 0.238 e. The van der Waals surface area contributed by atoms with Crippen molar-refractivity contribution in [2.75, 3.05) is 18.4 Å². The van der Waals surface area contributed by atoms with Crippen molar-refractivity contribution < 1.29 is 4.79 Å². The van der Waals surface area contributed by atoms with Crippen molar-refractivity contribution in [1.82, 2.24) is 9.47 Å². The molecule has 4 nitrogen and oxygen atoms in total. The van der Waals surface area contributed by atoms with Crippen LogP contribution in [0.1, 0.15) is 24.2 Å². The van der Waals surface area contributed by atoms with Gasteiger partial charge in [0.25, 0.3) is 0 Å². The van der Waals surface area contributed by atoms with E-state index < -0.39 is 0 Å². The largest absolute Gasteiger partial charge is 0.349 e. The molecule has 2 aromatic rings. The first-order valence-electron chi connectivity index (χ1n) is 7.49. The van der Waals surface area contributed by atoms with Crippen LogP contribution in [0.5, 0.6) is 0 Å². The van der Waals surface area contributed by atoms with Crippen molar-refractivity contribution in [3.05, 3.63) is 52.3 Å². The number of carbonyl (C=O) groups is 1. The average molecular weight is 362 g/mol. The van der Waals surface area contributed by atoms with Crippen LogP contribution in [0.25, 0.3) is 0 Å². The molecule has 0 bridgehead atoms. The summed E-state index contributed by atoms with van der Waals surface area (Å²) < 4.78 is 3.28. The standard InChI is InChI=1S/C17H20BrN3O/c1-12-10-14(18)5-6-15(12)19-17(22)11-21-9-8-20-7-3-4-16(20)13(21)2/h3-7,10,13H,8-9,11H2,1-2H3,(H,19,22)/t13-/m0/s1. The van der Waals surface area contributed by atoms with Gasteiger partial charge in [0.05, 0.1) is 6.54 Å². The molecule has 0 aliphatic carbocycles. The topological polar surface area (TPSA) is 37.3 Å². The van der Waals surface area contributed by atoms with Crippen molar-refractivity contribution >= 4 is 27.5 Å². The van der Waals surface area contributed by atoms with Gasteiger partial charge in [0, 0.05) is 41.2 Å². The smallest absolute Gasteiger partial charge is 0.238 e. The summed E-state index contributed by atoms with van der Waals surface area (Å²) in [4.78, 5) is 14.6. The number of fused-ring (bicyclic) bond motifs is 1. The van der Waals surface area contributed by atoms with Gasteiger partial charge in [-0.25, -0.2) is 0 Å². The number of aryl methyl sites for hydroxylation is 1. The highest BCUT2D eigenvalue weighted by Crippen LogP contribution is 2.25. The molecule has 1 amide bonds. The molecule has 1 aromatic heterocycles. The highest BCUT2D eigenvalue weighted by molar-refractivity contribution is 9.10. The van der Waals surface area contributed by atoms with Gasteiger partial charge in [-0.1, -0.05) is 15.9 Å². The molecule has 2 heterocycles. The Morgan fingerprint density at radius 1 is 1.36 bits per heavy atom. The predicted molar refractivity (Wildman–Crippen MR) is 91.9 cm³/mol. The quantitative estimate of drug-likeness (QED) is 0.906. The number of anilines is 1. The number of aromatic nitrogens is 1. The fourth-order valence-electron chi connectivity index (χ4n) is 2.98. The van der Waals surface area contributed by atoms with Crippen LogP contribution in [0.4, 0.5) is 5.69 Å². The predicted octanol–water partition coefficient (Wildman–Crippen LogP) is 3.57. The van der Waals surface area contributed by atoms with E-state index in [0.717, 1.165) is 28.8 Å². The van der Waals surface area contributed by atoms with Gasteiger partial charge in [0.15, 0.2) is 0 Å². The number of benzene rings is 1. The molecule has 5 heteroatoms. The van der Waals surface area contributed by atoms with Gasteiger partial charge < -0.3 is 9.88 Å². The summed E-state index contributed by atoms with van der Waals surface area (Å²) in [6.07, 6.45) is 2.11. The zero-order valence-corrected chi connectivity index (χ0v) is 14.4. The van der Waals surface area contributed by atoms with E-state index in [4.69, 9.17) is 0 Å². The summed E-state index contributed by atoms with van der Waals surface area (Å²) >= 11 is 3.44. The van der Waals surface area contributed by atoms with E-state index in [2.05, 4.69) is 56.0 Å². The van der Waals surface area contributed by atoms with E-state index in [1.54, 1.807) is 0 Å². The zero-order valence-electron chi connectivity index (χ0n) is 12.8. The van der Waals surface area contributed by atoms with E-state index >= 15 is 0 Å². The summed E-state index contributed by atoms with van der Waals surface area (Å²) in [5, 5.41) is 3.01. The molecular formula is C17H20BrN3O. The van der Waals surface area contributed by atoms with Crippen molar-refractivity contribution in [2.24, 2.45) is 0 Å². The van der Waals surface area contributed by atoms with Crippen LogP contribution in [0.15, 0.2) is 41.0 Å². The van der Waals surface area contributed by atoms with E-state index in [-0.39, 0.29) is 11.9 Å². The van der Waals surface area contributed by atoms with E-state index in [9.17, 15) is 4.79 Å². The van der Waals surface area contributed by atoms with E-state index in [1.807, 2.05) is 25.1 Å². The van der Waals surface area contributed by atoms with Crippen molar-refractivity contribution in [3.63, 3.8) is 0 Å². The summed E-state index contributed by atoms with van der Waals surface area (Å²) in [5.41, 5.74) is 3.21. The van der Waals surface area contributed by atoms with Gasteiger partial charge in [-0.15, -0.1) is 0 Å². The van der Waals surface area contributed by atoms with Crippen LogP contribution in [0, 0.1) is 6.92 Å². The third-order valence-electron chi connectivity index (χ3n) is 4.28. The number of rotatable bonds is 3. The van der Waals surface area contributed by atoms with Crippen LogP contribution >= 0.6 is 15.9 Å². The van der Waals surface area contributed by atoms with Crippen LogP contribution in [-0.2, 0) is 11.3 Å². The summed E-state index contributed by atoms with van der Waals surface area (Å²) in [6, 6.07) is 10.3. The molecule has 0 spiro atoms. The number of hydrogen-bond acceptors (Lipinski definition) is 2. The Morgan fingerprint density at radius 3 is 2.95 bits per heavy atom. The Hall–Kier alpha value is -1.59. The van der Waals surface area contributed by atoms with Crippen molar-refractivity contribution in [3.8, 4) is 0 Å². The minimum atomic E-state index is 0.0391. The molecule has 0 saturated carbocycles. The lowest BCUT2D eigenvalue weighted by molar-refractivity contribution is -0.118. The number of hydrogen-bond donors (Lipinski definition) is 1. The average Bonchev–Trinajstić information content (AvgIpc) is 2.94. The summed E-state index contributed by atoms with van der Waals surface area (Å²) in [7, 11) is 0. The first-order chi connectivity index (χ1) is 10.5. The zero-order chi connectivity index (χ0) is 15.7. The molecule has 1 aliphatic heterocycles. The van der Waals surface area contributed by atoms with Gasteiger partial charge in [-0.2, -0.15) is 0 Å². The Morgan fingerprint density at radius 2 is 2.18 bits per heavy atom.